The fraction of sp³-hybridized carbons (Fsp3) is 0.600. The molecule has 0 bridgehead atoms. The molecule has 0 nitrogen and oxygen atoms in total. The zero-order valence-corrected chi connectivity index (χ0v) is 8.22. The third kappa shape index (κ3) is 4.89. The molecule has 0 aliphatic heterocycles. The first-order valence-electron chi connectivity index (χ1n) is 4.36. The summed E-state index contributed by atoms with van der Waals surface area (Å²) in [4.78, 5) is 0. The van der Waals surface area contributed by atoms with Gasteiger partial charge in [0.05, 0.1) is 0 Å². The van der Waals surface area contributed by atoms with Crippen LogP contribution in [-0.4, -0.2) is 7.28 Å². The van der Waals surface area contributed by atoms with Crippen molar-refractivity contribution in [3.63, 3.8) is 0 Å². The minimum absolute atomic E-state index is 0.654. The molecule has 0 rings (SSSR count). The minimum Gasteiger partial charge on any atom is -0.101 e. The van der Waals surface area contributed by atoms with E-state index >= 15 is 0 Å². The fourth-order valence-electron chi connectivity index (χ4n) is 1.17. The second-order valence-corrected chi connectivity index (χ2v) is 3.49. The summed E-state index contributed by atoms with van der Waals surface area (Å²) in [6.07, 6.45) is 4.37. The monoisotopic (exact) mass is 150 g/mol. The molecule has 2 unspecified atom stereocenters. The van der Waals surface area contributed by atoms with Crippen molar-refractivity contribution in [1.29, 1.82) is 0 Å². The number of allylic oxidation sites excluding steroid dienone is 3. The number of hydrogen-bond acceptors (Lipinski definition) is 0. The van der Waals surface area contributed by atoms with Crippen LogP contribution in [0.5, 0.6) is 0 Å². The van der Waals surface area contributed by atoms with Crippen LogP contribution in [0.2, 0.25) is 11.6 Å². The van der Waals surface area contributed by atoms with Crippen LogP contribution >= 0.6 is 0 Å². The van der Waals surface area contributed by atoms with Crippen LogP contribution in [0.4, 0.5) is 0 Å². The van der Waals surface area contributed by atoms with Crippen molar-refractivity contribution in [2.75, 3.05) is 0 Å². The van der Waals surface area contributed by atoms with Gasteiger partial charge in [-0.1, -0.05) is 37.4 Å². The Morgan fingerprint density at radius 1 is 1.45 bits per heavy atom. The van der Waals surface area contributed by atoms with E-state index in [4.69, 9.17) is 0 Å². The van der Waals surface area contributed by atoms with Crippen LogP contribution in [0.1, 0.15) is 27.7 Å². The maximum Gasteiger partial charge on any atom is 0.136 e. The highest BCUT2D eigenvalue weighted by Gasteiger charge is 2.08. The number of hydrogen-bond donors (Lipinski definition) is 0. The van der Waals surface area contributed by atoms with E-state index in [0.717, 1.165) is 0 Å². The molecule has 0 aromatic rings. The van der Waals surface area contributed by atoms with Gasteiger partial charge in [-0.25, -0.2) is 0 Å². The lowest BCUT2D eigenvalue weighted by Gasteiger charge is -2.11. The van der Waals surface area contributed by atoms with Crippen molar-refractivity contribution in [2.24, 2.45) is 0 Å². The first kappa shape index (κ1) is 10.5. The van der Waals surface area contributed by atoms with E-state index in [1.807, 2.05) is 0 Å². The van der Waals surface area contributed by atoms with Gasteiger partial charge < -0.3 is 0 Å². The summed E-state index contributed by atoms with van der Waals surface area (Å²) in [7, 11) is 1.22. The van der Waals surface area contributed by atoms with Gasteiger partial charge in [0.15, 0.2) is 0 Å². The average molecular weight is 150 g/mol. The Bertz CT molecular complexity index is 147. The molecule has 0 aromatic carbocycles. The number of rotatable bonds is 4. The van der Waals surface area contributed by atoms with Crippen molar-refractivity contribution in [3.05, 3.63) is 24.3 Å². The highest BCUT2D eigenvalue weighted by atomic mass is 13.9. The van der Waals surface area contributed by atoms with E-state index in [-0.39, 0.29) is 0 Å². The molecule has 0 N–H and O–H groups in total. The van der Waals surface area contributed by atoms with Gasteiger partial charge >= 0.3 is 0 Å². The van der Waals surface area contributed by atoms with E-state index < -0.39 is 0 Å². The molecule has 11 heavy (non-hydrogen) atoms. The topological polar surface area (TPSA) is 0 Å². The van der Waals surface area contributed by atoms with Gasteiger partial charge in [0.25, 0.3) is 0 Å². The van der Waals surface area contributed by atoms with Crippen molar-refractivity contribution >= 4 is 7.28 Å². The van der Waals surface area contributed by atoms with E-state index in [1.54, 1.807) is 0 Å². The molecule has 0 radical (unpaired) electrons. The largest absolute Gasteiger partial charge is 0.136 e. The van der Waals surface area contributed by atoms with Gasteiger partial charge in [-0.3, -0.25) is 0 Å². The summed E-state index contributed by atoms with van der Waals surface area (Å²) in [6, 6.07) is 0. The molecule has 0 heterocycles. The lowest BCUT2D eigenvalue weighted by molar-refractivity contribution is 1.03. The maximum atomic E-state index is 3.94. The fourth-order valence-corrected chi connectivity index (χ4v) is 1.17. The van der Waals surface area contributed by atoms with Crippen molar-refractivity contribution in [1.82, 2.24) is 0 Å². The lowest BCUT2D eigenvalue weighted by atomic mass is 9.54. The van der Waals surface area contributed by atoms with Crippen LogP contribution in [0.3, 0.4) is 0 Å². The summed E-state index contributed by atoms with van der Waals surface area (Å²) in [6.45, 7) is 12.6. The first-order valence-corrected chi connectivity index (χ1v) is 4.36. The first-order chi connectivity index (χ1) is 5.07. The van der Waals surface area contributed by atoms with Gasteiger partial charge in [0.2, 0.25) is 0 Å². The van der Waals surface area contributed by atoms with Crippen LogP contribution < -0.4 is 0 Å². The SMILES string of the molecule is C=C(C)C(C)BC(C)/C=C/C. The Labute approximate surface area is 71.6 Å². The Balaban J connectivity index is 3.74. The van der Waals surface area contributed by atoms with E-state index in [1.165, 1.54) is 12.9 Å². The Kier molecular flexibility index (Phi) is 5.01. The summed E-state index contributed by atoms with van der Waals surface area (Å²) in [5.41, 5.74) is 1.29. The summed E-state index contributed by atoms with van der Waals surface area (Å²) in [5, 5.41) is 0. The third-order valence-corrected chi connectivity index (χ3v) is 2.09. The predicted octanol–water partition coefficient (Wildman–Crippen LogP) is 3.19. The highest BCUT2D eigenvalue weighted by molar-refractivity contribution is 6.41. The maximum absolute atomic E-state index is 3.94. The predicted molar refractivity (Wildman–Crippen MR) is 55.6 cm³/mol. The van der Waals surface area contributed by atoms with Crippen LogP contribution in [0.25, 0.3) is 0 Å². The van der Waals surface area contributed by atoms with E-state index in [9.17, 15) is 0 Å². The molecule has 0 amide bonds. The van der Waals surface area contributed by atoms with E-state index in [2.05, 4.69) is 46.4 Å². The minimum atomic E-state index is 0.654. The highest BCUT2D eigenvalue weighted by Crippen LogP contribution is 2.19. The van der Waals surface area contributed by atoms with Crippen LogP contribution in [0, 0.1) is 0 Å². The zero-order valence-electron chi connectivity index (χ0n) is 8.22. The Morgan fingerprint density at radius 3 is 2.36 bits per heavy atom. The van der Waals surface area contributed by atoms with Crippen LogP contribution in [-0.2, 0) is 0 Å². The Hall–Kier alpha value is -0.455. The molecule has 0 aromatic heterocycles. The zero-order chi connectivity index (χ0) is 8.85. The second kappa shape index (κ2) is 5.23. The molecule has 0 saturated carbocycles. The van der Waals surface area contributed by atoms with Gasteiger partial charge in [-0.05, 0) is 19.7 Å². The molecule has 1 heteroatoms. The Morgan fingerprint density at radius 2 is 2.00 bits per heavy atom. The average Bonchev–Trinajstić information content (AvgIpc) is 1.87. The third-order valence-electron chi connectivity index (χ3n) is 2.09. The molecular weight excluding hydrogens is 131 g/mol. The molecular formula is C10H19B. The molecule has 0 spiro atoms. The molecule has 0 aliphatic rings. The van der Waals surface area contributed by atoms with Crippen LogP contribution in [0.15, 0.2) is 24.3 Å². The smallest absolute Gasteiger partial charge is 0.101 e. The normalized spacial score (nSPS) is 16.4. The summed E-state index contributed by atoms with van der Waals surface area (Å²) < 4.78 is 0. The van der Waals surface area contributed by atoms with Crippen molar-refractivity contribution in [2.45, 2.75) is 39.3 Å². The molecule has 62 valence electrons. The van der Waals surface area contributed by atoms with E-state index in [0.29, 0.717) is 11.6 Å². The molecule has 0 saturated heterocycles. The summed E-state index contributed by atoms with van der Waals surface area (Å²) >= 11 is 0. The van der Waals surface area contributed by atoms with Gasteiger partial charge in [-0.15, -0.1) is 6.58 Å². The molecule has 0 aliphatic carbocycles. The quantitative estimate of drug-likeness (QED) is 0.426. The van der Waals surface area contributed by atoms with Crippen molar-refractivity contribution in [3.8, 4) is 0 Å². The van der Waals surface area contributed by atoms with Gasteiger partial charge in [0, 0.05) is 0 Å². The second-order valence-electron chi connectivity index (χ2n) is 3.49. The lowest BCUT2D eigenvalue weighted by Crippen LogP contribution is -2.04. The summed E-state index contributed by atoms with van der Waals surface area (Å²) in [5.74, 6) is 1.34. The van der Waals surface area contributed by atoms with Gasteiger partial charge in [0.1, 0.15) is 7.28 Å². The van der Waals surface area contributed by atoms with Crippen molar-refractivity contribution < 1.29 is 0 Å². The molecule has 2 atom stereocenters. The van der Waals surface area contributed by atoms with Gasteiger partial charge in [-0.2, -0.15) is 0 Å². The molecule has 0 fully saturated rings. The standard InChI is InChI=1S/C10H19B/c1-6-7-9(4)11-10(5)8(2)3/h6-7,9-11H,2H2,1,3-5H3/b7-6+.